The Morgan fingerprint density at radius 1 is 1.29 bits per heavy atom. The fourth-order valence-corrected chi connectivity index (χ4v) is 2.03. The number of hydrogen-bond donors (Lipinski definition) is 0. The molecule has 0 N–H and O–H groups in total. The maximum Gasteiger partial charge on any atom is 0.134 e. The van der Waals surface area contributed by atoms with Crippen molar-refractivity contribution in [1.29, 1.82) is 0 Å². The van der Waals surface area contributed by atoms with Crippen LogP contribution in [0.2, 0.25) is 0 Å². The number of halogens is 2. The molecule has 92 valence electrons. The number of aryl methyl sites for hydroxylation is 1. The number of fused-ring (bicyclic) bond motifs is 1. The molecule has 1 heterocycles. The predicted octanol–water partition coefficient (Wildman–Crippen LogP) is 4.92. The van der Waals surface area contributed by atoms with E-state index in [0.29, 0.717) is 10.7 Å². The van der Waals surface area contributed by atoms with Crippen molar-refractivity contribution in [2.45, 2.75) is 31.5 Å². The van der Waals surface area contributed by atoms with Crippen LogP contribution in [0.5, 0.6) is 0 Å². The van der Waals surface area contributed by atoms with Crippen LogP contribution in [0, 0.1) is 11.7 Å². The van der Waals surface area contributed by atoms with E-state index in [9.17, 15) is 4.39 Å². The van der Waals surface area contributed by atoms with Crippen LogP contribution >= 0.6 is 15.9 Å². The molecule has 3 heteroatoms. The van der Waals surface area contributed by atoms with E-state index >= 15 is 0 Å². The van der Waals surface area contributed by atoms with Gasteiger partial charge in [0.15, 0.2) is 0 Å². The van der Waals surface area contributed by atoms with E-state index in [1.165, 1.54) is 12.1 Å². The van der Waals surface area contributed by atoms with Gasteiger partial charge in [-0.05, 0) is 36.6 Å². The molecular formula is C14H16BrFO. The second kappa shape index (κ2) is 5.21. The summed E-state index contributed by atoms with van der Waals surface area (Å²) in [6, 6.07) is 6.55. The second-order valence-corrected chi connectivity index (χ2v) is 5.87. The van der Waals surface area contributed by atoms with Gasteiger partial charge in [-0.15, -0.1) is 0 Å². The van der Waals surface area contributed by atoms with E-state index < -0.39 is 0 Å². The van der Waals surface area contributed by atoms with Crippen molar-refractivity contribution in [3.8, 4) is 0 Å². The molecule has 1 aromatic heterocycles. The molecule has 0 saturated heterocycles. The maximum absolute atomic E-state index is 13.0. The Morgan fingerprint density at radius 2 is 2.06 bits per heavy atom. The van der Waals surface area contributed by atoms with E-state index in [1.807, 2.05) is 6.07 Å². The summed E-state index contributed by atoms with van der Waals surface area (Å²) in [7, 11) is 0. The highest BCUT2D eigenvalue weighted by molar-refractivity contribution is 9.09. The van der Waals surface area contributed by atoms with E-state index in [-0.39, 0.29) is 5.82 Å². The molecule has 0 bridgehead atoms. The largest absolute Gasteiger partial charge is 0.461 e. The zero-order chi connectivity index (χ0) is 12.4. The average molecular weight is 299 g/mol. The molecule has 0 aliphatic rings. The molecule has 1 aromatic carbocycles. The van der Waals surface area contributed by atoms with Gasteiger partial charge in [0.2, 0.25) is 0 Å². The van der Waals surface area contributed by atoms with Crippen LogP contribution < -0.4 is 0 Å². The lowest BCUT2D eigenvalue weighted by atomic mass is 10.1. The van der Waals surface area contributed by atoms with Gasteiger partial charge in [-0.25, -0.2) is 4.39 Å². The van der Waals surface area contributed by atoms with Crippen LogP contribution in [0.1, 0.15) is 26.0 Å². The van der Waals surface area contributed by atoms with Gasteiger partial charge in [0, 0.05) is 16.6 Å². The quantitative estimate of drug-likeness (QED) is 0.730. The minimum atomic E-state index is -0.217. The Labute approximate surface area is 109 Å². The average Bonchev–Trinajstić information content (AvgIpc) is 2.67. The summed E-state index contributed by atoms with van der Waals surface area (Å²) in [5.41, 5.74) is 0.761. The summed E-state index contributed by atoms with van der Waals surface area (Å²) in [6.07, 6.45) is 1.91. The van der Waals surface area contributed by atoms with Gasteiger partial charge in [0.25, 0.3) is 0 Å². The predicted molar refractivity (Wildman–Crippen MR) is 72.0 cm³/mol. The minimum absolute atomic E-state index is 0.217. The maximum atomic E-state index is 13.0. The first-order chi connectivity index (χ1) is 8.06. The van der Waals surface area contributed by atoms with E-state index in [1.54, 1.807) is 6.07 Å². The van der Waals surface area contributed by atoms with Crippen molar-refractivity contribution in [2.24, 2.45) is 5.92 Å². The van der Waals surface area contributed by atoms with Gasteiger partial charge in [0.05, 0.1) is 0 Å². The van der Waals surface area contributed by atoms with E-state index in [4.69, 9.17) is 4.42 Å². The van der Waals surface area contributed by atoms with Crippen LogP contribution in [-0.4, -0.2) is 4.83 Å². The van der Waals surface area contributed by atoms with Crippen molar-refractivity contribution < 1.29 is 8.81 Å². The second-order valence-electron chi connectivity index (χ2n) is 4.69. The lowest BCUT2D eigenvalue weighted by Gasteiger charge is -2.11. The highest BCUT2D eigenvalue weighted by Crippen LogP contribution is 2.24. The molecule has 0 saturated carbocycles. The van der Waals surface area contributed by atoms with Crippen molar-refractivity contribution >= 4 is 26.9 Å². The molecule has 0 fully saturated rings. The Bertz CT molecular complexity index is 504. The number of alkyl halides is 1. The molecule has 2 rings (SSSR count). The molecule has 0 spiro atoms. The van der Waals surface area contributed by atoms with Crippen LogP contribution in [0.4, 0.5) is 4.39 Å². The third-order valence-corrected chi connectivity index (χ3v) is 4.43. The van der Waals surface area contributed by atoms with Gasteiger partial charge in [-0.2, -0.15) is 0 Å². The zero-order valence-electron chi connectivity index (χ0n) is 10.0. The van der Waals surface area contributed by atoms with Crippen LogP contribution in [0.15, 0.2) is 28.7 Å². The van der Waals surface area contributed by atoms with Crippen LogP contribution in [0.25, 0.3) is 11.0 Å². The molecule has 1 unspecified atom stereocenters. The molecule has 0 radical (unpaired) electrons. The highest BCUT2D eigenvalue weighted by atomic mass is 79.9. The topological polar surface area (TPSA) is 13.1 Å². The standard InChI is InChI=1S/C14H16BrFO/c1-9(2)13(15)5-4-12-8-10-7-11(16)3-6-14(10)17-12/h3,6-9,13H,4-5H2,1-2H3. The van der Waals surface area contributed by atoms with Gasteiger partial charge in [0.1, 0.15) is 17.2 Å². The highest BCUT2D eigenvalue weighted by Gasteiger charge is 2.11. The first-order valence-electron chi connectivity index (χ1n) is 5.88. The fraction of sp³-hybridized carbons (Fsp3) is 0.429. The number of benzene rings is 1. The summed E-state index contributed by atoms with van der Waals surface area (Å²) in [5.74, 6) is 1.32. The summed E-state index contributed by atoms with van der Waals surface area (Å²) in [6.45, 7) is 4.38. The summed E-state index contributed by atoms with van der Waals surface area (Å²) < 4.78 is 18.7. The smallest absolute Gasteiger partial charge is 0.134 e. The first kappa shape index (κ1) is 12.6. The normalized spacial score (nSPS) is 13.5. The third-order valence-electron chi connectivity index (χ3n) is 2.92. The fourth-order valence-electron chi connectivity index (χ4n) is 1.81. The Morgan fingerprint density at radius 3 is 2.76 bits per heavy atom. The SMILES string of the molecule is CC(C)C(Br)CCc1cc2cc(F)ccc2o1. The van der Waals surface area contributed by atoms with Gasteiger partial charge in [-0.3, -0.25) is 0 Å². The summed E-state index contributed by atoms with van der Waals surface area (Å²) in [4.78, 5) is 0.493. The van der Waals surface area contributed by atoms with Crippen LogP contribution in [-0.2, 0) is 6.42 Å². The molecule has 1 atom stereocenters. The van der Waals surface area contributed by atoms with Crippen molar-refractivity contribution in [2.75, 3.05) is 0 Å². The molecule has 17 heavy (non-hydrogen) atoms. The van der Waals surface area contributed by atoms with E-state index in [0.717, 1.165) is 29.6 Å². The number of furan rings is 1. The van der Waals surface area contributed by atoms with E-state index in [2.05, 4.69) is 29.8 Å². The molecule has 2 aromatic rings. The third kappa shape index (κ3) is 3.09. The summed E-state index contributed by atoms with van der Waals surface area (Å²) >= 11 is 3.65. The van der Waals surface area contributed by atoms with Gasteiger partial charge < -0.3 is 4.42 Å². The lowest BCUT2D eigenvalue weighted by molar-refractivity contribution is 0.511. The monoisotopic (exact) mass is 298 g/mol. The number of rotatable bonds is 4. The van der Waals surface area contributed by atoms with Gasteiger partial charge >= 0.3 is 0 Å². The lowest BCUT2D eigenvalue weighted by Crippen LogP contribution is -2.07. The minimum Gasteiger partial charge on any atom is -0.461 e. The number of hydrogen-bond acceptors (Lipinski definition) is 1. The van der Waals surface area contributed by atoms with Crippen molar-refractivity contribution in [1.82, 2.24) is 0 Å². The van der Waals surface area contributed by atoms with Gasteiger partial charge in [-0.1, -0.05) is 29.8 Å². The Balaban J connectivity index is 2.09. The van der Waals surface area contributed by atoms with Crippen molar-refractivity contribution in [3.05, 3.63) is 35.8 Å². The molecule has 0 amide bonds. The first-order valence-corrected chi connectivity index (χ1v) is 6.80. The van der Waals surface area contributed by atoms with Crippen molar-refractivity contribution in [3.63, 3.8) is 0 Å². The molecular weight excluding hydrogens is 283 g/mol. The Kier molecular flexibility index (Phi) is 3.87. The molecule has 1 nitrogen and oxygen atoms in total. The zero-order valence-corrected chi connectivity index (χ0v) is 11.6. The molecule has 0 aliphatic heterocycles. The Hall–Kier alpha value is -0.830. The molecule has 0 aliphatic carbocycles. The summed E-state index contributed by atoms with van der Waals surface area (Å²) in [5, 5.41) is 0.843. The van der Waals surface area contributed by atoms with Crippen LogP contribution in [0.3, 0.4) is 0 Å².